The number of carbonyl (C=O) groups excluding carboxylic acids is 3. The number of aliphatic hydroxyl groups is 1. The van der Waals surface area contributed by atoms with Crippen molar-refractivity contribution in [3.05, 3.63) is 35.9 Å². The standard InChI is InChI=1S/C22H32N4O8S/c1-12(27)18(26-19(30)14(23)11-17(28)29)21(32)24-15(8-9-35-2)20(31)25-16(22(33)34)10-13-6-4-3-5-7-13/h3-7,12,14-16,18,27H,8-11,23H2,1-2H3,(H,24,32)(H,25,31)(H,26,30)(H,28,29)(H,33,34). The van der Waals surface area contributed by atoms with E-state index < -0.39 is 66.4 Å². The normalized spacial score (nSPS) is 15.1. The first kappa shape index (κ1) is 29.9. The van der Waals surface area contributed by atoms with E-state index in [-0.39, 0.29) is 12.8 Å². The Morgan fingerprint density at radius 3 is 2.06 bits per heavy atom. The summed E-state index contributed by atoms with van der Waals surface area (Å²) >= 11 is 1.40. The summed E-state index contributed by atoms with van der Waals surface area (Å²) in [6.07, 6.45) is -0.120. The highest BCUT2D eigenvalue weighted by Crippen LogP contribution is 2.07. The number of aliphatic carboxylic acids is 2. The molecule has 35 heavy (non-hydrogen) atoms. The van der Waals surface area contributed by atoms with Gasteiger partial charge >= 0.3 is 11.9 Å². The number of nitrogens with one attached hydrogen (secondary N) is 3. The number of hydrogen-bond donors (Lipinski definition) is 7. The molecule has 0 aliphatic rings. The summed E-state index contributed by atoms with van der Waals surface area (Å²) in [5.74, 6) is -4.74. The van der Waals surface area contributed by atoms with Crippen LogP contribution in [0, 0.1) is 0 Å². The van der Waals surface area contributed by atoms with E-state index in [1.807, 2.05) is 0 Å². The van der Waals surface area contributed by atoms with Crippen LogP contribution in [0.1, 0.15) is 25.3 Å². The lowest BCUT2D eigenvalue weighted by Gasteiger charge is -2.26. The smallest absolute Gasteiger partial charge is 0.326 e. The van der Waals surface area contributed by atoms with Crippen LogP contribution < -0.4 is 21.7 Å². The molecular formula is C22H32N4O8S. The Morgan fingerprint density at radius 2 is 1.54 bits per heavy atom. The van der Waals surface area contributed by atoms with E-state index in [1.54, 1.807) is 36.6 Å². The predicted octanol–water partition coefficient (Wildman–Crippen LogP) is -1.30. The maximum absolute atomic E-state index is 12.9. The van der Waals surface area contributed by atoms with Gasteiger partial charge in [0.05, 0.1) is 18.6 Å². The average Bonchev–Trinajstić information content (AvgIpc) is 2.79. The van der Waals surface area contributed by atoms with Gasteiger partial charge in [0.2, 0.25) is 17.7 Å². The topological polar surface area (TPSA) is 208 Å². The molecule has 0 spiro atoms. The predicted molar refractivity (Wildman–Crippen MR) is 128 cm³/mol. The molecule has 0 radical (unpaired) electrons. The van der Waals surface area contributed by atoms with Gasteiger partial charge in [0.25, 0.3) is 0 Å². The van der Waals surface area contributed by atoms with E-state index in [0.717, 1.165) is 0 Å². The van der Waals surface area contributed by atoms with Crippen molar-refractivity contribution in [3.63, 3.8) is 0 Å². The Bertz CT molecular complexity index is 883. The molecule has 0 aromatic heterocycles. The van der Waals surface area contributed by atoms with E-state index in [2.05, 4.69) is 16.0 Å². The molecule has 194 valence electrons. The van der Waals surface area contributed by atoms with Gasteiger partial charge in [-0.1, -0.05) is 30.3 Å². The van der Waals surface area contributed by atoms with Gasteiger partial charge in [-0.05, 0) is 30.9 Å². The SMILES string of the molecule is CSCCC(NC(=O)C(NC(=O)C(N)CC(=O)O)C(C)O)C(=O)NC(Cc1ccccc1)C(=O)O. The van der Waals surface area contributed by atoms with Crippen LogP contribution in [0.4, 0.5) is 0 Å². The Kier molecular flexibility index (Phi) is 12.8. The summed E-state index contributed by atoms with van der Waals surface area (Å²) in [5, 5.41) is 35.4. The number of carboxylic acids is 2. The molecule has 1 aromatic rings. The van der Waals surface area contributed by atoms with Crippen LogP contribution in [-0.2, 0) is 30.4 Å². The lowest BCUT2D eigenvalue weighted by atomic mass is 10.0. The fraction of sp³-hybridized carbons (Fsp3) is 0.500. The van der Waals surface area contributed by atoms with Crippen molar-refractivity contribution < 1.29 is 39.3 Å². The highest BCUT2D eigenvalue weighted by Gasteiger charge is 2.32. The van der Waals surface area contributed by atoms with Gasteiger partial charge in [0, 0.05) is 6.42 Å². The summed E-state index contributed by atoms with van der Waals surface area (Å²) < 4.78 is 0. The summed E-state index contributed by atoms with van der Waals surface area (Å²) in [5.41, 5.74) is 6.19. The molecule has 13 heteroatoms. The minimum absolute atomic E-state index is 0.0267. The van der Waals surface area contributed by atoms with Crippen molar-refractivity contribution in [2.75, 3.05) is 12.0 Å². The second-order valence-corrected chi connectivity index (χ2v) is 8.85. The van der Waals surface area contributed by atoms with E-state index >= 15 is 0 Å². The summed E-state index contributed by atoms with van der Waals surface area (Å²) in [7, 11) is 0. The molecule has 0 heterocycles. The van der Waals surface area contributed by atoms with Gasteiger partial charge in [0.15, 0.2) is 0 Å². The van der Waals surface area contributed by atoms with Gasteiger partial charge in [-0.25, -0.2) is 4.79 Å². The molecule has 3 amide bonds. The Labute approximate surface area is 207 Å². The molecule has 1 aromatic carbocycles. The van der Waals surface area contributed by atoms with E-state index in [4.69, 9.17) is 10.8 Å². The zero-order valence-electron chi connectivity index (χ0n) is 19.5. The highest BCUT2D eigenvalue weighted by atomic mass is 32.2. The monoisotopic (exact) mass is 512 g/mol. The molecule has 0 fully saturated rings. The van der Waals surface area contributed by atoms with Crippen LogP contribution >= 0.6 is 11.8 Å². The van der Waals surface area contributed by atoms with Gasteiger partial charge in [-0.2, -0.15) is 11.8 Å². The summed E-state index contributed by atoms with van der Waals surface area (Å²) in [6.45, 7) is 1.23. The Balaban J connectivity index is 2.95. The van der Waals surface area contributed by atoms with Gasteiger partial charge < -0.3 is 37.0 Å². The molecule has 12 nitrogen and oxygen atoms in total. The van der Waals surface area contributed by atoms with E-state index in [1.165, 1.54) is 18.7 Å². The molecule has 0 saturated heterocycles. The number of thioether (sulfide) groups is 1. The van der Waals surface area contributed by atoms with Crippen molar-refractivity contribution in [1.29, 1.82) is 0 Å². The van der Waals surface area contributed by atoms with E-state index in [9.17, 15) is 34.2 Å². The molecule has 0 aliphatic carbocycles. The number of benzene rings is 1. The van der Waals surface area contributed by atoms with Crippen molar-refractivity contribution in [2.24, 2.45) is 5.73 Å². The minimum Gasteiger partial charge on any atom is -0.481 e. The second kappa shape index (κ2) is 15.0. The highest BCUT2D eigenvalue weighted by molar-refractivity contribution is 7.98. The third-order valence-corrected chi connectivity index (χ3v) is 5.58. The Hall–Kier alpha value is -3.16. The maximum atomic E-state index is 12.9. The second-order valence-electron chi connectivity index (χ2n) is 7.86. The fourth-order valence-corrected chi connectivity index (χ4v) is 3.51. The van der Waals surface area contributed by atoms with Crippen LogP contribution in [0.25, 0.3) is 0 Å². The minimum atomic E-state index is -1.52. The first-order valence-corrected chi connectivity index (χ1v) is 12.2. The first-order chi connectivity index (χ1) is 16.5. The largest absolute Gasteiger partial charge is 0.481 e. The van der Waals surface area contributed by atoms with Gasteiger partial charge in [-0.3, -0.25) is 19.2 Å². The fourth-order valence-electron chi connectivity index (χ4n) is 3.03. The first-order valence-electron chi connectivity index (χ1n) is 10.8. The zero-order chi connectivity index (χ0) is 26.5. The third kappa shape index (κ3) is 10.8. The average molecular weight is 513 g/mol. The number of carbonyl (C=O) groups is 5. The number of aliphatic hydroxyl groups excluding tert-OH is 1. The van der Waals surface area contributed by atoms with E-state index in [0.29, 0.717) is 11.3 Å². The van der Waals surface area contributed by atoms with Crippen molar-refractivity contribution in [1.82, 2.24) is 16.0 Å². The van der Waals surface area contributed by atoms with Crippen LogP contribution in [0.5, 0.6) is 0 Å². The third-order valence-electron chi connectivity index (χ3n) is 4.93. The lowest BCUT2D eigenvalue weighted by molar-refractivity contribution is -0.142. The molecule has 5 unspecified atom stereocenters. The van der Waals surface area contributed by atoms with Crippen LogP contribution in [-0.4, -0.2) is 87.3 Å². The molecule has 8 N–H and O–H groups in total. The number of hydrogen-bond acceptors (Lipinski definition) is 8. The quantitative estimate of drug-likeness (QED) is 0.148. The van der Waals surface area contributed by atoms with Gasteiger partial charge in [0.1, 0.15) is 18.1 Å². The number of amides is 3. The molecule has 1 rings (SSSR count). The maximum Gasteiger partial charge on any atom is 0.326 e. The molecule has 0 aliphatic heterocycles. The van der Waals surface area contributed by atoms with Gasteiger partial charge in [-0.15, -0.1) is 0 Å². The zero-order valence-corrected chi connectivity index (χ0v) is 20.3. The molecule has 5 atom stereocenters. The van der Waals surface area contributed by atoms with Crippen molar-refractivity contribution in [2.45, 2.75) is 56.5 Å². The van der Waals surface area contributed by atoms with Crippen LogP contribution in [0.3, 0.4) is 0 Å². The van der Waals surface area contributed by atoms with Crippen molar-refractivity contribution in [3.8, 4) is 0 Å². The molecule has 0 bridgehead atoms. The lowest BCUT2D eigenvalue weighted by Crippen LogP contribution is -2.60. The summed E-state index contributed by atoms with van der Waals surface area (Å²) in [6, 6.07) is 3.32. The molecular weight excluding hydrogens is 480 g/mol. The number of nitrogens with two attached hydrogens (primary N) is 1. The number of carboxylic acid groups (broad SMARTS) is 2. The summed E-state index contributed by atoms with van der Waals surface area (Å²) in [4.78, 5) is 60.3. The van der Waals surface area contributed by atoms with Crippen LogP contribution in [0.15, 0.2) is 30.3 Å². The Morgan fingerprint density at radius 1 is 0.943 bits per heavy atom. The molecule has 0 saturated carbocycles. The number of rotatable bonds is 15. The van der Waals surface area contributed by atoms with Crippen molar-refractivity contribution >= 4 is 41.4 Å². The van der Waals surface area contributed by atoms with Crippen LogP contribution in [0.2, 0.25) is 0 Å².